The van der Waals surface area contributed by atoms with Gasteiger partial charge in [0.05, 0.1) is 37.6 Å². The van der Waals surface area contributed by atoms with Crippen LogP contribution in [-0.4, -0.2) is 62.3 Å². The van der Waals surface area contributed by atoms with Gasteiger partial charge in [0.2, 0.25) is 12.7 Å². The largest absolute Gasteiger partial charge is 0.473 e. The smallest absolute Gasteiger partial charge is 0.414 e. The van der Waals surface area contributed by atoms with Gasteiger partial charge in [-0.3, -0.25) is 9.69 Å². The minimum Gasteiger partial charge on any atom is -0.473 e. The highest BCUT2D eigenvalue weighted by atomic mass is 35.5. The Morgan fingerprint density at radius 3 is 2.85 bits per heavy atom. The minimum atomic E-state index is -0.508. The van der Waals surface area contributed by atoms with E-state index in [0.717, 1.165) is 12.8 Å². The lowest BCUT2D eigenvalue weighted by atomic mass is 10.1. The number of halogens is 1. The molecule has 2 saturated heterocycles. The van der Waals surface area contributed by atoms with Crippen molar-refractivity contribution in [3.63, 3.8) is 0 Å². The number of fused-ring (bicyclic) bond motifs is 1. The fourth-order valence-electron chi connectivity index (χ4n) is 3.79. The second kappa shape index (κ2) is 9.32. The van der Waals surface area contributed by atoms with Gasteiger partial charge in [0, 0.05) is 25.1 Å². The summed E-state index contributed by atoms with van der Waals surface area (Å²) in [6.07, 6.45) is 1.94. The van der Waals surface area contributed by atoms with Crippen LogP contribution in [0.15, 0.2) is 30.5 Å². The molecule has 1 atom stereocenters. The number of hydrogen-bond donors (Lipinski definition) is 1. The fourth-order valence-corrected chi connectivity index (χ4v) is 4.00. The van der Waals surface area contributed by atoms with Gasteiger partial charge in [-0.15, -0.1) is 0 Å². The van der Waals surface area contributed by atoms with Crippen LogP contribution in [0.25, 0.3) is 0 Å². The first-order valence-electron chi connectivity index (χ1n) is 10.6. The van der Waals surface area contributed by atoms with Crippen molar-refractivity contribution in [2.45, 2.75) is 25.0 Å². The van der Waals surface area contributed by atoms with E-state index in [1.807, 2.05) is 0 Å². The lowest BCUT2D eigenvalue weighted by Gasteiger charge is -2.23. The van der Waals surface area contributed by atoms with Crippen LogP contribution < -0.4 is 24.4 Å². The number of hydrogen-bond acceptors (Lipinski definition) is 8. The molecule has 0 saturated carbocycles. The maximum atomic E-state index is 12.6. The normalized spacial score (nSPS) is 20.0. The van der Waals surface area contributed by atoms with E-state index in [4.69, 9.17) is 35.3 Å². The van der Waals surface area contributed by atoms with E-state index in [1.165, 1.54) is 17.2 Å². The van der Waals surface area contributed by atoms with Gasteiger partial charge in [0.15, 0.2) is 11.5 Å². The number of ether oxygens (including phenoxy) is 5. The number of anilines is 1. The average molecular weight is 476 g/mol. The highest BCUT2D eigenvalue weighted by Crippen LogP contribution is 2.36. The van der Waals surface area contributed by atoms with Crippen LogP contribution in [0.2, 0.25) is 5.02 Å². The Kier molecular flexibility index (Phi) is 6.10. The molecule has 33 heavy (non-hydrogen) atoms. The molecule has 3 aliphatic heterocycles. The van der Waals surface area contributed by atoms with Crippen LogP contribution in [0, 0.1) is 0 Å². The van der Waals surface area contributed by atoms with Gasteiger partial charge in [-0.1, -0.05) is 11.6 Å². The number of cyclic esters (lactones) is 1. The van der Waals surface area contributed by atoms with Crippen molar-refractivity contribution in [3.8, 4) is 17.4 Å². The number of aromatic nitrogens is 1. The van der Waals surface area contributed by atoms with Gasteiger partial charge in [-0.05, 0) is 18.2 Å². The van der Waals surface area contributed by atoms with Crippen LogP contribution in [0.3, 0.4) is 0 Å². The summed E-state index contributed by atoms with van der Waals surface area (Å²) in [6.45, 7) is 1.86. The van der Waals surface area contributed by atoms with Crippen molar-refractivity contribution >= 4 is 29.3 Å². The SMILES string of the molecule is O=C(NCC1CN(c2ccc3c(c2)OCO3)C(=O)O1)c1cnc(OC2CCOCC2)c(Cl)c1. The van der Waals surface area contributed by atoms with Crippen molar-refractivity contribution in [1.82, 2.24) is 10.3 Å². The third-order valence-corrected chi connectivity index (χ3v) is 5.82. The second-order valence-electron chi connectivity index (χ2n) is 7.80. The average Bonchev–Trinajstić information content (AvgIpc) is 3.45. The number of carbonyl (C=O) groups is 2. The molecular weight excluding hydrogens is 454 g/mol. The molecule has 1 aromatic carbocycles. The zero-order valence-electron chi connectivity index (χ0n) is 17.6. The molecule has 1 aromatic heterocycles. The number of nitrogens with zero attached hydrogens (tertiary/aromatic N) is 2. The van der Waals surface area contributed by atoms with Crippen molar-refractivity contribution in [2.24, 2.45) is 0 Å². The Morgan fingerprint density at radius 1 is 1.21 bits per heavy atom. The third-order valence-electron chi connectivity index (χ3n) is 5.55. The molecule has 5 rings (SSSR count). The van der Waals surface area contributed by atoms with Gasteiger partial charge in [0.1, 0.15) is 17.2 Å². The zero-order chi connectivity index (χ0) is 22.8. The van der Waals surface area contributed by atoms with Gasteiger partial charge in [-0.2, -0.15) is 0 Å². The predicted molar refractivity (Wildman–Crippen MR) is 116 cm³/mol. The molecule has 3 aliphatic rings. The summed E-state index contributed by atoms with van der Waals surface area (Å²) in [5.41, 5.74) is 0.922. The van der Waals surface area contributed by atoms with Crippen molar-refractivity contribution < 1.29 is 33.3 Å². The van der Waals surface area contributed by atoms with E-state index in [-0.39, 0.29) is 42.5 Å². The molecule has 4 heterocycles. The molecule has 0 bridgehead atoms. The summed E-state index contributed by atoms with van der Waals surface area (Å²) in [5.74, 6) is 1.13. The zero-order valence-corrected chi connectivity index (χ0v) is 18.4. The second-order valence-corrected chi connectivity index (χ2v) is 8.21. The minimum absolute atomic E-state index is 0.00631. The van der Waals surface area contributed by atoms with Gasteiger partial charge < -0.3 is 29.0 Å². The van der Waals surface area contributed by atoms with Crippen molar-refractivity contribution in [2.75, 3.05) is 38.0 Å². The first-order chi connectivity index (χ1) is 16.1. The predicted octanol–water partition coefficient (Wildman–Crippen LogP) is 2.78. The topological polar surface area (TPSA) is 108 Å². The monoisotopic (exact) mass is 475 g/mol. The Labute approximate surface area is 194 Å². The first-order valence-corrected chi connectivity index (χ1v) is 11.0. The molecule has 2 aromatic rings. The molecular formula is C22H22ClN3O7. The number of benzene rings is 1. The lowest BCUT2D eigenvalue weighted by molar-refractivity contribution is 0.0238. The van der Waals surface area contributed by atoms with Crippen LogP contribution in [0.4, 0.5) is 10.5 Å². The van der Waals surface area contributed by atoms with Gasteiger partial charge in [0.25, 0.3) is 5.91 Å². The van der Waals surface area contributed by atoms with E-state index in [1.54, 1.807) is 18.2 Å². The molecule has 0 aliphatic carbocycles. The summed E-state index contributed by atoms with van der Waals surface area (Å²) in [5, 5.41) is 3.02. The first kappa shape index (κ1) is 21.6. The molecule has 2 fully saturated rings. The standard InChI is InChI=1S/C22H22ClN3O7/c23-17-7-13(9-25-21(17)32-15-3-5-29-6-4-15)20(27)24-10-16-11-26(22(28)33-16)14-1-2-18-19(8-14)31-12-30-18/h1-2,7-9,15-16H,3-6,10-12H2,(H,24,27). The summed E-state index contributed by atoms with van der Waals surface area (Å²) in [4.78, 5) is 30.6. The number of carbonyl (C=O) groups excluding carboxylic acids is 2. The molecule has 2 amide bonds. The van der Waals surface area contributed by atoms with Crippen LogP contribution >= 0.6 is 11.6 Å². The number of nitrogens with one attached hydrogen (secondary N) is 1. The fraction of sp³-hybridized carbons (Fsp3) is 0.409. The highest BCUT2D eigenvalue weighted by Gasteiger charge is 2.33. The maximum Gasteiger partial charge on any atom is 0.414 e. The van der Waals surface area contributed by atoms with Crippen LogP contribution in [0.5, 0.6) is 17.4 Å². The summed E-state index contributed by atoms with van der Waals surface area (Å²) < 4.78 is 27.2. The van der Waals surface area contributed by atoms with Crippen LogP contribution in [-0.2, 0) is 9.47 Å². The Morgan fingerprint density at radius 2 is 2.03 bits per heavy atom. The Balaban J connectivity index is 1.15. The van der Waals surface area contributed by atoms with E-state index < -0.39 is 12.2 Å². The number of rotatable bonds is 6. The highest BCUT2D eigenvalue weighted by molar-refractivity contribution is 6.32. The van der Waals surface area contributed by atoms with Crippen molar-refractivity contribution in [3.05, 3.63) is 41.0 Å². The molecule has 0 radical (unpaired) electrons. The Bertz CT molecular complexity index is 1060. The summed E-state index contributed by atoms with van der Waals surface area (Å²) in [6, 6.07) is 6.74. The van der Waals surface area contributed by atoms with Crippen molar-refractivity contribution in [1.29, 1.82) is 0 Å². The van der Waals surface area contributed by atoms with Gasteiger partial charge in [-0.25, -0.2) is 9.78 Å². The van der Waals surface area contributed by atoms with E-state index >= 15 is 0 Å². The molecule has 11 heteroatoms. The molecule has 0 spiro atoms. The molecule has 10 nitrogen and oxygen atoms in total. The molecule has 1 N–H and O–H groups in total. The Hall–Kier alpha value is -3.24. The maximum absolute atomic E-state index is 12.6. The molecule has 1 unspecified atom stereocenters. The van der Waals surface area contributed by atoms with E-state index in [0.29, 0.717) is 36.3 Å². The van der Waals surface area contributed by atoms with E-state index in [9.17, 15) is 9.59 Å². The summed E-state index contributed by atoms with van der Waals surface area (Å²) >= 11 is 6.27. The molecule has 174 valence electrons. The lowest BCUT2D eigenvalue weighted by Crippen LogP contribution is -2.34. The third kappa shape index (κ3) is 4.76. The quantitative estimate of drug-likeness (QED) is 0.679. The van der Waals surface area contributed by atoms with Crippen LogP contribution in [0.1, 0.15) is 23.2 Å². The van der Waals surface area contributed by atoms with E-state index in [2.05, 4.69) is 10.3 Å². The number of amides is 2. The number of pyridine rings is 1. The van der Waals surface area contributed by atoms with Gasteiger partial charge >= 0.3 is 6.09 Å². The summed E-state index contributed by atoms with van der Waals surface area (Å²) in [7, 11) is 0.